The molecule has 13 heavy (non-hydrogen) atoms. The summed E-state index contributed by atoms with van der Waals surface area (Å²) in [4.78, 5) is 0. The van der Waals surface area contributed by atoms with E-state index in [0.29, 0.717) is 6.04 Å². The van der Waals surface area contributed by atoms with Gasteiger partial charge in [-0.3, -0.25) is 0 Å². The minimum atomic E-state index is 0.681. The molecule has 78 valence electrons. The van der Waals surface area contributed by atoms with Gasteiger partial charge in [-0.15, -0.1) is 0 Å². The average Bonchev–Trinajstić information content (AvgIpc) is 2.93. The molecule has 0 aromatic carbocycles. The Balaban J connectivity index is 1.63. The molecule has 2 nitrogen and oxygen atoms in total. The first-order chi connectivity index (χ1) is 6.43. The molecule has 0 bridgehead atoms. The van der Waals surface area contributed by atoms with Gasteiger partial charge in [0.1, 0.15) is 0 Å². The van der Waals surface area contributed by atoms with Crippen LogP contribution in [0.1, 0.15) is 45.4 Å². The van der Waals surface area contributed by atoms with E-state index in [-0.39, 0.29) is 0 Å². The Morgan fingerprint density at radius 1 is 1.15 bits per heavy atom. The third kappa shape index (κ3) is 7.03. The average molecular weight is 185 g/mol. The highest BCUT2D eigenvalue weighted by atomic mass is 16.5. The molecule has 1 N–H and O–H groups in total. The molecule has 1 unspecified atom stereocenters. The van der Waals surface area contributed by atoms with E-state index in [2.05, 4.69) is 12.2 Å². The van der Waals surface area contributed by atoms with Gasteiger partial charge in [0.2, 0.25) is 0 Å². The fourth-order valence-electron chi connectivity index (χ4n) is 1.41. The van der Waals surface area contributed by atoms with E-state index >= 15 is 0 Å². The number of unbranched alkanes of at least 4 members (excludes halogenated alkanes) is 5. The van der Waals surface area contributed by atoms with Gasteiger partial charge in [0.05, 0.1) is 6.61 Å². The Morgan fingerprint density at radius 3 is 2.54 bits per heavy atom. The van der Waals surface area contributed by atoms with Crippen LogP contribution >= 0.6 is 0 Å². The number of ether oxygens (including phenoxy) is 1. The second kappa shape index (κ2) is 7.34. The van der Waals surface area contributed by atoms with Crippen molar-refractivity contribution in [1.82, 2.24) is 5.32 Å². The largest absolute Gasteiger partial charge is 0.380 e. The Labute approximate surface area is 82.0 Å². The topological polar surface area (TPSA) is 31.2 Å². The van der Waals surface area contributed by atoms with Gasteiger partial charge in [-0.1, -0.05) is 39.0 Å². The van der Waals surface area contributed by atoms with Crippen LogP contribution in [0.15, 0.2) is 0 Å². The van der Waals surface area contributed by atoms with Gasteiger partial charge in [-0.2, -0.15) is 0 Å². The molecule has 0 saturated carbocycles. The normalized spacial score (nSPS) is 20.5. The quantitative estimate of drug-likeness (QED) is 0.441. The Hall–Kier alpha value is -0.0800. The summed E-state index contributed by atoms with van der Waals surface area (Å²) in [5, 5.41) is 3.23. The zero-order chi connectivity index (χ0) is 9.36. The summed E-state index contributed by atoms with van der Waals surface area (Å²) >= 11 is 0. The monoisotopic (exact) mass is 185 g/mol. The van der Waals surface area contributed by atoms with Crippen LogP contribution in [0.2, 0.25) is 0 Å². The minimum absolute atomic E-state index is 0.681. The number of hydrogen-bond acceptors (Lipinski definition) is 2. The summed E-state index contributed by atoms with van der Waals surface area (Å²) in [6.07, 6.45) is 8.12. The van der Waals surface area contributed by atoms with Crippen LogP contribution in [0.5, 0.6) is 0 Å². The fourth-order valence-corrected chi connectivity index (χ4v) is 1.41. The van der Waals surface area contributed by atoms with E-state index in [1.165, 1.54) is 38.5 Å². The van der Waals surface area contributed by atoms with E-state index < -0.39 is 0 Å². The van der Waals surface area contributed by atoms with Gasteiger partial charge in [-0.05, 0) is 6.42 Å². The number of rotatable bonds is 9. The van der Waals surface area contributed by atoms with Gasteiger partial charge in [0, 0.05) is 19.2 Å². The van der Waals surface area contributed by atoms with E-state index in [9.17, 15) is 0 Å². The molecule has 1 saturated heterocycles. The third-order valence-electron chi connectivity index (χ3n) is 2.45. The van der Waals surface area contributed by atoms with Crippen LogP contribution in [-0.2, 0) is 4.74 Å². The molecule has 1 rings (SSSR count). The molecule has 0 aliphatic carbocycles. The summed E-state index contributed by atoms with van der Waals surface area (Å²) in [7, 11) is 0. The van der Waals surface area contributed by atoms with Crippen LogP contribution in [0, 0.1) is 0 Å². The summed E-state index contributed by atoms with van der Waals surface area (Å²) in [6, 6.07) is 0.681. The van der Waals surface area contributed by atoms with Crippen LogP contribution < -0.4 is 5.32 Å². The molecule has 1 fully saturated rings. The van der Waals surface area contributed by atoms with Crippen LogP contribution in [0.4, 0.5) is 0 Å². The van der Waals surface area contributed by atoms with Gasteiger partial charge >= 0.3 is 0 Å². The predicted molar refractivity (Wildman–Crippen MR) is 56.0 cm³/mol. The smallest absolute Gasteiger partial charge is 0.0632 e. The number of hydrogen-bond donors (Lipinski definition) is 1. The van der Waals surface area contributed by atoms with Crippen molar-refractivity contribution in [3.63, 3.8) is 0 Å². The second-order valence-corrected chi connectivity index (χ2v) is 3.95. The van der Waals surface area contributed by atoms with Gasteiger partial charge in [0.15, 0.2) is 0 Å². The Morgan fingerprint density at radius 2 is 1.85 bits per heavy atom. The molecule has 2 heteroatoms. The van der Waals surface area contributed by atoms with E-state index in [1.54, 1.807) is 0 Å². The van der Waals surface area contributed by atoms with Gasteiger partial charge < -0.3 is 10.1 Å². The van der Waals surface area contributed by atoms with Crippen molar-refractivity contribution in [3.05, 3.63) is 0 Å². The third-order valence-corrected chi connectivity index (χ3v) is 2.45. The lowest BCUT2D eigenvalue weighted by atomic mass is 10.1. The molecule has 1 heterocycles. The molecular weight excluding hydrogens is 162 g/mol. The summed E-state index contributed by atoms with van der Waals surface area (Å²) in [5.74, 6) is 0. The lowest BCUT2D eigenvalue weighted by Gasteiger charge is -2.02. The maximum Gasteiger partial charge on any atom is 0.0632 e. The summed E-state index contributed by atoms with van der Waals surface area (Å²) in [5.41, 5.74) is 0. The highest BCUT2D eigenvalue weighted by Crippen LogP contribution is 2.05. The maximum absolute atomic E-state index is 5.50. The van der Waals surface area contributed by atoms with Crippen molar-refractivity contribution >= 4 is 0 Å². The molecule has 1 aliphatic heterocycles. The molecule has 0 radical (unpaired) electrons. The minimum Gasteiger partial charge on any atom is -0.380 e. The van der Waals surface area contributed by atoms with Crippen LogP contribution in [0.3, 0.4) is 0 Å². The molecule has 1 aliphatic rings. The van der Waals surface area contributed by atoms with Crippen molar-refractivity contribution in [2.75, 3.05) is 19.8 Å². The predicted octanol–water partition coefficient (Wildman–Crippen LogP) is 2.34. The number of nitrogens with one attached hydrogen (secondary N) is 1. The van der Waals surface area contributed by atoms with Crippen molar-refractivity contribution in [3.8, 4) is 0 Å². The van der Waals surface area contributed by atoms with Crippen LogP contribution in [0.25, 0.3) is 0 Å². The molecule has 0 spiro atoms. The first-order valence-corrected chi connectivity index (χ1v) is 5.74. The molecule has 0 aromatic rings. The lowest BCUT2D eigenvalue weighted by Crippen LogP contribution is -2.05. The van der Waals surface area contributed by atoms with E-state index in [4.69, 9.17) is 4.74 Å². The van der Waals surface area contributed by atoms with Crippen molar-refractivity contribution < 1.29 is 4.74 Å². The second-order valence-electron chi connectivity index (χ2n) is 3.95. The van der Waals surface area contributed by atoms with Crippen LogP contribution in [-0.4, -0.2) is 25.8 Å². The van der Waals surface area contributed by atoms with E-state index in [0.717, 1.165) is 19.8 Å². The van der Waals surface area contributed by atoms with Crippen molar-refractivity contribution in [1.29, 1.82) is 0 Å². The zero-order valence-electron chi connectivity index (χ0n) is 8.85. The fraction of sp³-hybridized carbons (Fsp3) is 1.00. The molecular formula is C11H23NO. The van der Waals surface area contributed by atoms with Gasteiger partial charge in [0.25, 0.3) is 0 Å². The van der Waals surface area contributed by atoms with E-state index in [1.807, 2.05) is 0 Å². The lowest BCUT2D eigenvalue weighted by molar-refractivity contribution is 0.132. The van der Waals surface area contributed by atoms with Crippen molar-refractivity contribution in [2.24, 2.45) is 0 Å². The highest BCUT2D eigenvalue weighted by Gasteiger charge is 2.19. The summed E-state index contributed by atoms with van der Waals surface area (Å²) < 4.78 is 5.50. The SMILES string of the molecule is CCCCCCCCOCC1CN1. The Kier molecular flexibility index (Phi) is 6.21. The maximum atomic E-state index is 5.50. The standard InChI is InChI=1S/C11H23NO/c1-2-3-4-5-6-7-8-13-10-11-9-12-11/h11-12H,2-10H2,1H3. The van der Waals surface area contributed by atoms with Gasteiger partial charge in [-0.25, -0.2) is 0 Å². The Bertz CT molecular complexity index is 113. The van der Waals surface area contributed by atoms with Crippen molar-refractivity contribution in [2.45, 2.75) is 51.5 Å². The summed E-state index contributed by atoms with van der Waals surface area (Å²) in [6.45, 7) is 5.31. The first kappa shape index (κ1) is 11.0. The first-order valence-electron chi connectivity index (χ1n) is 5.74. The zero-order valence-corrected chi connectivity index (χ0v) is 8.85. The molecule has 0 amide bonds. The highest BCUT2D eigenvalue weighted by molar-refractivity contribution is 4.82. The molecule has 1 atom stereocenters. The molecule has 0 aromatic heterocycles.